The first-order valence-electron chi connectivity index (χ1n) is 8.18. The molecular weight excluding hydrogens is 475 g/mol. The molecule has 0 N–H and O–H groups in total. The molecule has 4 rings (SSSR count). The molecule has 2 aromatic carbocycles. The van der Waals surface area contributed by atoms with Crippen LogP contribution in [-0.2, 0) is 10.0 Å². The highest BCUT2D eigenvalue weighted by atomic mass is 35.5. The molecule has 0 aliphatic rings. The molecule has 0 unspecified atom stereocenters. The Labute approximate surface area is 184 Å². The van der Waals surface area contributed by atoms with Crippen LogP contribution in [0, 0.1) is 10.1 Å². The molecule has 0 saturated carbocycles. The zero-order valence-corrected chi connectivity index (χ0v) is 17.7. The van der Waals surface area contributed by atoms with E-state index in [2.05, 4.69) is 9.97 Å². The van der Waals surface area contributed by atoms with Gasteiger partial charge in [0.2, 0.25) is 5.28 Å². The molecule has 12 heteroatoms. The molecule has 0 atom stereocenters. The van der Waals surface area contributed by atoms with Gasteiger partial charge < -0.3 is 0 Å². The van der Waals surface area contributed by atoms with Gasteiger partial charge in [-0.3, -0.25) is 10.1 Å². The summed E-state index contributed by atoms with van der Waals surface area (Å²) in [6, 6.07) is 9.65. The SMILES string of the molecule is O=[N+]([O-])c1cccc2c(-c3nc(Cl)ncc3Cl)cn(S(=O)(=O)c3ccc(Cl)cc3)c12. The first-order chi connectivity index (χ1) is 14.2. The summed E-state index contributed by atoms with van der Waals surface area (Å²) in [4.78, 5) is 18.7. The van der Waals surface area contributed by atoms with Crippen LogP contribution in [0.5, 0.6) is 0 Å². The molecule has 8 nitrogen and oxygen atoms in total. The van der Waals surface area contributed by atoms with Crippen molar-refractivity contribution in [2.75, 3.05) is 0 Å². The van der Waals surface area contributed by atoms with Crippen molar-refractivity contribution in [1.29, 1.82) is 0 Å². The predicted octanol–water partition coefficient (Wildman–Crippen LogP) is 5.20. The average molecular weight is 484 g/mol. The van der Waals surface area contributed by atoms with Crippen molar-refractivity contribution in [3.8, 4) is 11.3 Å². The first kappa shape index (κ1) is 20.5. The highest BCUT2D eigenvalue weighted by molar-refractivity contribution is 7.90. The number of benzene rings is 2. The largest absolute Gasteiger partial charge is 0.294 e. The van der Waals surface area contributed by atoms with Crippen LogP contribution < -0.4 is 0 Å². The number of nitro groups is 1. The van der Waals surface area contributed by atoms with Crippen LogP contribution in [0.15, 0.2) is 59.8 Å². The minimum atomic E-state index is -4.21. The summed E-state index contributed by atoms with van der Waals surface area (Å²) in [5, 5.41) is 12.3. The van der Waals surface area contributed by atoms with E-state index in [-0.39, 0.29) is 37.4 Å². The molecule has 2 heterocycles. The predicted molar refractivity (Wildman–Crippen MR) is 114 cm³/mol. The molecule has 0 amide bonds. The minimum absolute atomic E-state index is 0.0969. The van der Waals surface area contributed by atoms with Gasteiger partial charge in [-0.1, -0.05) is 35.3 Å². The summed E-state index contributed by atoms with van der Waals surface area (Å²) in [7, 11) is -4.21. The molecule has 0 fully saturated rings. The molecular formula is C18H9Cl3N4O4S. The lowest BCUT2D eigenvalue weighted by atomic mass is 10.1. The maximum absolute atomic E-state index is 13.3. The van der Waals surface area contributed by atoms with Crippen molar-refractivity contribution in [1.82, 2.24) is 13.9 Å². The van der Waals surface area contributed by atoms with E-state index in [1.807, 2.05) is 0 Å². The first-order valence-corrected chi connectivity index (χ1v) is 10.8. The number of para-hydroxylation sites is 1. The van der Waals surface area contributed by atoms with Gasteiger partial charge in [-0.2, -0.15) is 0 Å². The number of aromatic nitrogens is 3. The van der Waals surface area contributed by atoms with E-state index in [0.717, 1.165) is 3.97 Å². The van der Waals surface area contributed by atoms with Crippen LogP contribution >= 0.6 is 34.8 Å². The van der Waals surface area contributed by atoms with Gasteiger partial charge in [-0.15, -0.1) is 0 Å². The summed E-state index contributed by atoms with van der Waals surface area (Å²) in [5.74, 6) is 0. The second kappa shape index (κ2) is 7.51. The van der Waals surface area contributed by atoms with E-state index in [0.29, 0.717) is 5.02 Å². The number of halogens is 3. The lowest BCUT2D eigenvalue weighted by molar-refractivity contribution is -0.383. The molecule has 0 bridgehead atoms. The van der Waals surface area contributed by atoms with Crippen molar-refractivity contribution in [3.63, 3.8) is 0 Å². The molecule has 4 aromatic rings. The zero-order valence-electron chi connectivity index (χ0n) is 14.7. The van der Waals surface area contributed by atoms with Crippen LogP contribution in [-0.4, -0.2) is 27.3 Å². The molecule has 0 radical (unpaired) electrons. The number of hydrogen-bond donors (Lipinski definition) is 0. The third-order valence-corrected chi connectivity index (χ3v) is 6.69. The van der Waals surface area contributed by atoms with E-state index in [4.69, 9.17) is 34.8 Å². The standard InChI is InChI=1S/C18H9Cl3N4O4S/c19-10-4-6-11(7-5-10)30(28,29)24-9-13(16-14(20)8-22-18(21)23-16)12-2-1-3-15(17(12)24)25(26)27/h1-9H. The van der Waals surface area contributed by atoms with E-state index in [1.165, 1.54) is 54.9 Å². The van der Waals surface area contributed by atoms with Crippen LogP contribution in [0.4, 0.5) is 5.69 Å². The Bertz CT molecular complexity index is 1420. The Morgan fingerprint density at radius 2 is 1.73 bits per heavy atom. The van der Waals surface area contributed by atoms with Crippen molar-refractivity contribution in [2.24, 2.45) is 0 Å². The van der Waals surface area contributed by atoms with Crippen molar-refractivity contribution in [2.45, 2.75) is 4.90 Å². The highest BCUT2D eigenvalue weighted by Gasteiger charge is 2.28. The smallest absolute Gasteiger partial charge is 0.258 e. The average Bonchev–Trinajstić information content (AvgIpc) is 3.10. The van der Waals surface area contributed by atoms with Crippen LogP contribution in [0.2, 0.25) is 15.3 Å². The second-order valence-electron chi connectivity index (χ2n) is 6.06. The van der Waals surface area contributed by atoms with Crippen molar-refractivity contribution in [3.05, 3.63) is 80.3 Å². The lowest BCUT2D eigenvalue weighted by Gasteiger charge is -2.08. The third-order valence-electron chi connectivity index (χ3n) is 4.31. The highest BCUT2D eigenvalue weighted by Crippen LogP contribution is 2.39. The quantitative estimate of drug-likeness (QED) is 0.224. The summed E-state index contributed by atoms with van der Waals surface area (Å²) < 4.78 is 27.5. The Kier molecular flexibility index (Phi) is 5.15. The second-order valence-corrected chi connectivity index (χ2v) is 9.06. The Hall–Kier alpha value is -2.72. The number of nitrogens with zero attached hydrogens (tertiary/aromatic N) is 4. The van der Waals surface area contributed by atoms with Crippen molar-refractivity contribution >= 4 is 61.4 Å². The van der Waals surface area contributed by atoms with Gasteiger partial charge in [-0.25, -0.2) is 22.4 Å². The Morgan fingerprint density at radius 1 is 1.03 bits per heavy atom. The fraction of sp³-hybridized carbons (Fsp3) is 0. The van der Waals surface area contributed by atoms with Gasteiger partial charge in [-0.05, 0) is 35.9 Å². The summed E-state index contributed by atoms with van der Waals surface area (Å²) >= 11 is 17.9. The van der Waals surface area contributed by atoms with Gasteiger partial charge >= 0.3 is 0 Å². The third kappa shape index (κ3) is 3.39. The molecule has 0 saturated heterocycles. The molecule has 0 aliphatic heterocycles. The molecule has 0 aliphatic carbocycles. The minimum Gasteiger partial charge on any atom is -0.258 e. The summed E-state index contributed by atoms with van der Waals surface area (Å²) in [6.07, 6.45) is 2.49. The maximum Gasteiger partial charge on any atom is 0.294 e. The maximum atomic E-state index is 13.3. The topological polar surface area (TPSA) is 108 Å². The summed E-state index contributed by atoms with van der Waals surface area (Å²) in [5.41, 5.74) is -0.126. The van der Waals surface area contributed by atoms with Gasteiger partial charge in [0, 0.05) is 28.2 Å². The normalized spacial score (nSPS) is 11.7. The molecule has 0 spiro atoms. The van der Waals surface area contributed by atoms with E-state index in [1.54, 1.807) is 0 Å². The van der Waals surface area contributed by atoms with Gasteiger partial charge in [0.1, 0.15) is 5.52 Å². The van der Waals surface area contributed by atoms with Crippen LogP contribution in [0.1, 0.15) is 0 Å². The number of nitro benzene ring substituents is 1. The van der Waals surface area contributed by atoms with E-state index >= 15 is 0 Å². The molecule has 152 valence electrons. The number of fused-ring (bicyclic) bond motifs is 1. The molecule has 30 heavy (non-hydrogen) atoms. The van der Waals surface area contributed by atoms with Gasteiger partial charge in [0.05, 0.1) is 26.7 Å². The Balaban J connectivity index is 2.11. The van der Waals surface area contributed by atoms with Gasteiger partial charge in [0.25, 0.3) is 15.7 Å². The number of hydrogen-bond acceptors (Lipinski definition) is 6. The van der Waals surface area contributed by atoms with Crippen molar-refractivity contribution < 1.29 is 13.3 Å². The van der Waals surface area contributed by atoms with Gasteiger partial charge in [0.15, 0.2) is 0 Å². The summed E-state index contributed by atoms with van der Waals surface area (Å²) in [6.45, 7) is 0. The van der Waals surface area contributed by atoms with E-state index in [9.17, 15) is 18.5 Å². The van der Waals surface area contributed by atoms with Crippen LogP contribution in [0.25, 0.3) is 22.2 Å². The van der Waals surface area contributed by atoms with E-state index < -0.39 is 20.6 Å². The fourth-order valence-electron chi connectivity index (χ4n) is 3.01. The molecule has 2 aromatic heterocycles. The lowest BCUT2D eigenvalue weighted by Crippen LogP contribution is -2.12. The fourth-order valence-corrected chi connectivity index (χ4v) is 4.85. The number of rotatable bonds is 4. The van der Waals surface area contributed by atoms with Crippen LogP contribution in [0.3, 0.4) is 0 Å². The number of non-ortho nitro benzene ring substituents is 1. The monoisotopic (exact) mass is 482 g/mol. The Morgan fingerprint density at radius 3 is 2.40 bits per heavy atom. The zero-order chi connectivity index (χ0) is 21.6.